The Balaban J connectivity index is 1.39. The van der Waals surface area contributed by atoms with Gasteiger partial charge in [0, 0.05) is 46.4 Å². The van der Waals surface area contributed by atoms with Crippen molar-refractivity contribution < 1.29 is 37.2 Å². The van der Waals surface area contributed by atoms with Crippen molar-refractivity contribution in [3.05, 3.63) is 112 Å². The van der Waals surface area contributed by atoms with Crippen LogP contribution in [0.2, 0.25) is 5.02 Å². The van der Waals surface area contributed by atoms with Crippen molar-refractivity contribution in [3.63, 3.8) is 0 Å². The van der Waals surface area contributed by atoms with Crippen LogP contribution in [-0.2, 0) is 33.9 Å². The Morgan fingerprint density at radius 2 is 1.39 bits per heavy atom. The van der Waals surface area contributed by atoms with E-state index in [4.69, 9.17) is 16.4 Å². The number of fused-ring (bicyclic) bond motifs is 1. The fourth-order valence-electron chi connectivity index (χ4n) is 6.85. The number of nitrogens with zero attached hydrogens (tertiary/aromatic N) is 4. The normalized spacial score (nSPS) is 19.5. The number of hydroxylamine groups is 2. The fraction of sp³-hybridized carbons (Fsp3) is 0.368. The molecule has 1 atom stereocenters. The number of quaternary nitrogens is 1. The molecule has 1 saturated heterocycles. The number of carbonyl (C=O) groups is 4. The number of likely N-dealkylation sites (tertiary alicyclic amines) is 1. The van der Waals surface area contributed by atoms with E-state index in [1.165, 1.54) is 59.9 Å². The molecule has 3 aliphatic rings. The van der Waals surface area contributed by atoms with Crippen molar-refractivity contribution in [3.8, 4) is 0 Å². The van der Waals surface area contributed by atoms with E-state index in [2.05, 4.69) is 4.90 Å². The van der Waals surface area contributed by atoms with E-state index >= 15 is 0 Å². The molecule has 0 N–H and O–H groups in total. The standard InChI is InChI=1S/C38H39ClF3N4O5/c39-32-16-14-30(15-17-32)36(49)45-24-31-13-8-27(7-6-20-43-18-2-1-3-19-43)23-33(31)46(34(47)25-45,51-37(50)38(40,41)42)26-28-9-11-29(12-10-28)35(48)44-21-4-5-22-44/h4-5,8-17,23H,1-3,6-7,18-22,24-26H2/q+1. The zero-order valence-corrected chi connectivity index (χ0v) is 28.8. The van der Waals surface area contributed by atoms with Gasteiger partial charge in [-0.25, -0.2) is 9.59 Å². The summed E-state index contributed by atoms with van der Waals surface area (Å²) in [6.07, 6.45) is 3.17. The summed E-state index contributed by atoms with van der Waals surface area (Å²) in [5, 5.41) is 0.399. The highest BCUT2D eigenvalue weighted by Crippen LogP contribution is 2.38. The number of piperidine rings is 1. The molecular weight excluding hydrogens is 685 g/mol. The van der Waals surface area contributed by atoms with E-state index in [0.717, 1.165) is 44.5 Å². The molecule has 6 rings (SSSR count). The minimum absolute atomic E-state index is 0.0442. The summed E-state index contributed by atoms with van der Waals surface area (Å²) in [5.41, 5.74) is 2.08. The van der Waals surface area contributed by atoms with Gasteiger partial charge in [0.2, 0.25) is 0 Å². The molecular formula is C38H39ClF3N4O5+. The van der Waals surface area contributed by atoms with Crippen molar-refractivity contribution in [2.75, 3.05) is 39.3 Å². The van der Waals surface area contributed by atoms with Gasteiger partial charge in [0.1, 0.15) is 6.54 Å². The first-order valence-electron chi connectivity index (χ1n) is 17.1. The highest BCUT2D eigenvalue weighted by atomic mass is 35.5. The fourth-order valence-corrected chi connectivity index (χ4v) is 6.98. The molecule has 1 unspecified atom stereocenters. The summed E-state index contributed by atoms with van der Waals surface area (Å²) in [4.78, 5) is 64.5. The Hall–Kier alpha value is -4.52. The number of aryl methyl sites for hydroxylation is 1. The third-order valence-electron chi connectivity index (χ3n) is 9.58. The first-order chi connectivity index (χ1) is 24.4. The topological polar surface area (TPSA) is 87.2 Å². The maximum atomic E-state index is 14.5. The van der Waals surface area contributed by atoms with Crippen LogP contribution >= 0.6 is 11.6 Å². The molecule has 268 valence electrons. The highest BCUT2D eigenvalue weighted by Gasteiger charge is 2.55. The van der Waals surface area contributed by atoms with Crippen LogP contribution in [0.25, 0.3) is 0 Å². The average molecular weight is 724 g/mol. The Kier molecular flexibility index (Phi) is 10.9. The van der Waals surface area contributed by atoms with Crippen LogP contribution in [0.3, 0.4) is 0 Å². The number of halogens is 4. The summed E-state index contributed by atoms with van der Waals surface area (Å²) < 4.78 is 40.4. The van der Waals surface area contributed by atoms with Gasteiger partial charge in [-0.2, -0.15) is 13.2 Å². The first-order valence-corrected chi connectivity index (χ1v) is 17.5. The first kappa shape index (κ1) is 36.3. The third kappa shape index (κ3) is 8.35. The van der Waals surface area contributed by atoms with Gasteiger partial charge in [0.15, 0.2) is 12.2 Å². The second-order valence-corrected chi connectivity index (χ2v) is 13.6. The number of alkyl halides is 3. The van der Waals surface area contributed by atoms with Crippen LogP contribution in [0.5, 0.6) is 0 Å². The highest BCUT2D eigenvalue weighted by molar-refractivity contribution is 6.30. The zero-order chi connectivity index (χ0) is 36.2. The number of benzene rings is 3. The second kappa shape index (κ2) is 15.4. The molecule has 3 heterocycles. The smallest absolute Gasteiger partial charge is 0.331 e. The molecule has 0 aliphatic carbocycles. The van der Waals surface area contributed by atoms with Gasteiger partial charge in [0.25, 0.3) is 11.8 Å². The number of carbonyl (C=O) groups excluding carboxylic acids is 4. The monoisotopic (exact) mass is 723 g/mol. The SMILES string of the molecule is O=C(c1ccc(C[N+]2(OC(=O)C(F)(F)F)C(=O)CN(C(=O)c3ccc(Cl)cc3)Cc3ccc(CCCN4CCCCC4)cc32)cc1)N1CC=CC1. The molecule has 3 aliphatic heterocycles. The van der Waals surface area contributed by atoms with Gasteiger partial charge in [-0.1, -0.05) is 54.4 Å². The van der Waals surface area contributed by atoms with Crippen LogP contribution in [0, 0.1) is 0 Å². The lowest BCUT2D eigenvalue weighted by molar-refractivity contribution is -0.235. The Labute approximate surface area is 299 Å². The Morgan fingerprint density at radius 1 is 0.784 bits per heavy atom. The molecule has 51 heavy (non-hydrogen) atoms. The summed E-state index contributed by atoms with van der Waals surface area (Å²) in [7, 11) is 0. The van der Waals surface area contributed by atoms with Crippen LogP contribution in [0.4, 0.5) is 18.9 Å². The minimum Gasteiger partial charge on any atom is -0.331 e. The predicted molar refractivity (Wildman–Crippen MR) is 185 cm³/mol. The number of amides is 3. The predicted octanol–water partition coefficient (Wildman–Crippen LogP) is 6.48. The molecule has 9 nitrogen and oxygen atoms in total. The zero-order valence-electron chi connectivity index (χ0n) is 28.0. The molecule has 0 spiro atoms. The van der Waals surface area contributed by atoms with E-state index < -0.39 is 41.7 Å². The average Bonchev–Trinajstić information content (AvgIpc) is 3.63. The van der Waals surface area contributed by atoms with Gasteiger partial charge in [-0.3, -0.25) is 14.4 Å². The van der Waals surface area contributed by atoms with E-state index in [1.54, 1.807) is 17.0 Å². The van der Waals surface area contributed by atoms with Crippen LogP contribution < -0.4 is 4.65 Å². The summed E-state index contributed by atoms with van der Waals surface area (Å²) in [5.74, 6) is -4.25. The lowest BCUT2D eigenvalue weighted by Gasteiger charge is -2.32. The molecule has 3 aromatic carbocycles. The Morgan fingerprint density at radius 3 is 2.04 bits per heavy atom. The quantitative estimate of drug-likeness (QED) is 0.186. The van der Waals surface area contributed by atoms with Crippen molar-refractivity contribution >= 4 is 41.0 Å². The van der Waals surface area contributed by atoms with E-state index in [9.17, 15) is 32.3 Å². The van der Waals surface area contributed by atoms with Gasteiger partial charge in [-0.05, 0) is 91.9 Å². The maximum absolute atomic E-state index is 14.5. The molecule has 3 aromatic rings. The molecule has 1 fully saturated rings. The lowest BCUT2D eigenvalue weighted by Crippen LogP contribution is -2.58. The Bertz CT molecular complexity index is 1800. The van der Waals surface area contributed by atoms with E-state index in [1.807, 2.05) is 18.2 Å². The molecule has 0 bridgehead atoms. The molecule has 3 amide bonds. The van der Waals surface area contributed by atoms with Gasteiger partial charge in [0.05, 0.1) is 6.54 Å². The van der Waals surface area contributed by atoms with E-state index in [-0.39, 0.29) is 23.7 Å². The number of rotatable bonds is 9. The van der Waals surface area contributed by atoms with Crippen molar-refractivity contribution in [1.82, 2.24) is 19.3 Å². The molecule has 13 heteroatoms. The van der Waals surface area contributed by atoms with Gasteiger partial charge < -0.3 is 14.7 Å². The van der Waals surface area contributed by atoms with E-state index in [0.29, 0.717) is 41.2 Å². The minimum atomic E-state index is -5.41. The van der Waals surface area contributed by atoms with Crippen molar-refractivity contribution in [2.24, 2.45) is 0 Å². The summed E-state index contributed by atoms with van der Waals surface area (Å²) in [6, 6.07) is 17.3. The van der Waals surface area contributed by atoms with Gasteiger partial charge >= 0.3 is 18.1 Å². The van der Waals surface area contributed by atoms with Crippen molar-refractivity contribution in [2.45, 2.75) is 51.4 Å². The van der Waals surface area contributed by atoms with Crippen LogP contribution in [0.15, 0.2) is 78.9 Å². The second-order valence-electron chi connectivity index (χ2n) is 13.2. The number of hydrogen-bond acceptors (Lipinski definition) is 6. The molecule has 0 saturated carbocycles. The summed E-state index contributed by atoms with van der Waals surface area (Å²) in [6.45, 7) is 2.53. The van der Waals surface area contributed by atoms with Crippen molar-refractivity contribution in [1.29, 1.82) is 0 Å². The number of hydrogen-bond donors (Lipinski definition) is 0. The third-order valence-corrected chi connectivity index (χ3v) is 9.83. The summed E-state index contributed by atoms with van der Waals surface area (Å²) >= 11 is 6.02. The van der Waals surface area contributed by atoms with Crippen LogP contribution in [-0.4, -0.2) is 83.8 Å². The molecule has 0 aromatic heterocycles. The molecule has 0 radical (unpaired) electrons. The van der Waals surface area contributed by atoms with Gasteiger partial charge in [-0.15, -0.1) is 0 Å². The van der Waals surface area contributed by atoms with Crippen LogP contribution in [0.1, 0.15) is 63.1 Å². The largest absolute Gasteiger partial charge is 0.497 e. The maximum Gasteiger partial charge on any atom is 0.497 e. The lowest BCUT2D eigenvalue weighted by atomic mass is 10.0.